The van der Waals surface area contributed by atoms with E-state index in [0.717, 1.165) is 5.56 Å². The topological polar surface area (TPSA) is 88.8 Å². The van der Waals surface area contributed by atoms with E-state index in [4.69, 9.17) is 9.72 Å². The van der Waals surface area contributed by atoms with Gasteiger partial charge in [-0.05, 0) is 73.7 Å². The summed E-state index contributed by atoms with van der Waals surface area (Å²) in [6, 6.07) is 18.8. The fourth-order valence-electron chi connectivity index (χ4n) is 6.04. The van der Waals surface area contributed by atoms with Gasteiger partial charge in [0.15, 0.2) is 0 Å². The number of hydrogen-bond donors (Lipinski definition) is 1. The lowest BCUT2D eigenvalue weighted by atomic mass is 9.98. The minimum Gasteiger partial charge on any atom is -0.469 e. The smallest absolute Gasteiger partial charge is 0.310 e. The number of benzene rings is 2. The van der Waals surface area contributed by atoms with Crippen molar-refractivity contribution in [1.82, 2.24) is 19.7 Å². The van der Waals surface area contributed by atoms with Crippen LogP contribution in [0.15, 0.2) is 91.5 Å². The van der Waals surface area contributed by atoms with Gasteiger partial charge in [-0.15, -0.1) is 0 Å². The van der Waals surface area contributed by atoms with Gasteiger partial charge >= 0.3 is 5.97 Å². The number of fused-ring (bicyclic) bond motifs is 1. The number of anilines is 1. The number of esters is 1. The average Bonchev–Trinajstić information content (AvgIpc) is 3.76. The highest BCUT2D eigenvalue weighted by molar-refractivity contribution is 5.97. The van der Waals surface area contributed by atoms with Crippen LogP contribution in [-0.4, -0.2) is 53.0 Å². The van der Waals surface area contributed by atoms with E-state index in [9.17, 15) is 9.59 Å². The Hall–Kier alpha value is -5.31. The molecule has 1 amide bonds. The van der Waals surface area contributed by atoms with E-state index in [2.05, 4.69) is 35.4 Å². The molecule has 0 aliphatic carbocycles. The first-order valence-electron chi connectivity index (χ1n) is 15.4. The summed E-state index contributed by atoms with van der Waals surface area (Å²) in [5.41, 5.74) is 7.57. The van der Waals surface area contributed by atoms with Crippen molar-refractivity contribution in [3.8, 4) is 22.4 Å². The molecule has 1 atom stereocenters. The maximum atomic E-state index is 15.6. The second-order valence-electron chi connectivity index (χ2n) is 11.5. The molecule has 0 spiro atoms. The van der Waals surface area contributed by atoms with Crippen molar-refractivity contribution in [3.05, 3.63) is 114 Å². The summed E-state index contributed by atoms with van der Waals surface area (Å²) < 4.78 is 22.3. The lowest BCUT2D eigenvalue weighted by molar-refractivity contribution is -0.144. The fourth-order valence-corrected chi connectivity index (χ4v) is 6.04. The first-order chi connectivity index (χ1) is 22.4. The van der Waals surface area contributed by atoms with Crippen molar-refractivity contribution < 1.29 is 18.7 Å². The molecule has 8 nitrogen and oxygen atoms in total. The molecule has 234 valence electrons. The number of imidazole rings is 1. The second-order valence-corrected chi connectivity index (χ2v) is 11.5. The minimum absolute atomic E-state index is 0.214. The molecule has 0 saturated carbocycles. The molecule has 46 heavy (non-hydrogen) atoms. The van der Waals surface area contributed by atoms with Crippen LogP contribution in [0.4, 0.5) is 10.1 Å². The highest BCUT2D eigenvalue weighted by Gasteiger charge is 2.29. The van der Waals surface area contributed by atoms with Crippen LogP contribution in [-0.2, 0) is 16.0 Å². The molecule has 2 aromatic carbocycles. The summed E-state index contributed by atoms with van der Waals surface area (Å²) in [7, 11) is 1.39. The Labute approximate surface area is 267 Å². The van der Waals surface area contributed by atoms with Crippen molar-refractivity contribution in [1.29, 1.82) is 0 Å². The second kappa shape index (κ2) is 13.4. The Morgan fingerprint density at radius 3 is 2.70 bits per heavy atom. The largest absolute Gasteiger partial charge is 0.469 e. The first kappa shape index (κ1) is 30.7. The molecule has 1 fully saturated rings. The van der Waals surface area contributed by atoms with Gasteiger partial charge in [-0.2, -0.15) is 0 Å². The number of rotatable bonds is 9. The Morgan fingerprint density at radius 1 is 1.09 bits per heavy atom. The maximum Gasteiger partial charge on any atom is 0.310 e. The molecule has 5 aromatic rings. The molecule has 1 aliphatic rings. The van der Waals surface area contributed by atoms with Crippen molar-refractivity contribution in [2.75, 3.05) is 31.6 Å². The first-order valence-corrected chi connectivity index (χ1v) is 15.4. The molecule has 1 saturated heterocycles. The van der Waals surface area contributed by atoms with Crippen LogP contribution < -0.4 is 10.2 Å². The summed E-state index contributed by atoms with van der Waals surface area (Å²) >= 11 is 0. The third-order valence-electron chi connectivity index (χ3n) is 8.66. The van der Waals surface area contributed by atoms with Gasteiger partial charge in [0.2, 0.25) is 0 Å². The third-order valence-corrected chi connectivity index (χ3v) is 8.66. The Kier molecular flexibility index (Phi) is 8.92. The molecule has 4 heterocycles. The number of nitrogens with one attached hydrogen (secondary N) is 1. The Bertz CT molecular complexity index is 1930. The zero-order chi connectivity index (χ0) is 32.2. The Morgan fingerprint density at radius 2 is 1.93 bits per heavy atom. The van der Waals surface area contributed by atoms with Crippen LogP contribution >= 0.6 is 0 Å². The number of allylic oxidation sites excluding steroid dienone is 2. The van der Waals surface area contributed by atoms with Crippen molar-refractivity contribution >= 4 is 28.8 Å². The Balaban J connectivity index is 1.27. The van der Waals surface area contributed by atoms with E-state index in [1.54, 1.807) is 41.3 Å². The summed E-state index contributed by atoms with van der Waals surface area (Å²) in [6.45, 7) is 5.71. The highest BCUT2D eigenvalue weighted by atomic mass is 19.1. The zero-order valence-electron chi connectivity index (χ0n) is 26.2. The normalized spacial score (nSPS) is 14.9. The van der Waals surface area contributed by atoms with E-state index in [-0.39, 0.29) is 17.8 Å². The molecule has 9 heteroatoms. The molecule has 0 bridgehead atoms. The van der Waals surface area contributed by atoms with Gasteiger partial charge in [0.1, 0.15) is 11.5 Å². The van der Waals surface area contributed by atoms with E-state index in [0.29, 0.717) is 66.2 Å². The summed E-state index contributed by atoms with van der Waals surface area (Å²) in [5.74, 6) is -1.10. The van der Waals surface area contributed by atoms with Crippen molar-refractivity contribution in [3.63, 3.8) is 0 Å². The fraction of sp³-hybridized carbons (Fsp3) is 0.243. The van der Waals surface area contributed by atoms with Crippen LogP contribution in [0.5, 0.6) is 0 Å². The predicted octanol–water partition coefficient (Wildman–Crippen LogP) is 6.60. The van der Waals surface area contributed by atoms with E-state index in [1.807, 2.05) is 42.2 Å². The van der Waals surface area contributed by atoms with Gasteiger partial charge in [0.25, 0.3) is 5.91 Å². The van der Waals surface area contributed by atoms with Crippen molar-refractivity contribution in [2.45, 2.75) is 26.7 Å². The van der Waals surface area contributed by atoms with Gasteiger partial charge in [-0.3, -0.25) is 14.6 Å². The van der Waals surface area contributed by atoms with Crippen LogP contribution in [0.3, 0.4) is 0 Å². The lowest BCUT2D eigenvalue weighted by Crippen LogP contribution is -2.26. The SMILES string of the molecule is C/C=C(/C)c1ccccc1CCNC(=O)c1cc(-c2cccnc2)c2nc(-c3ccc(N4CC[C@H](C(=O)OC)C4)cc3F)cn2c1. The van der Waals surface area contributed by atoms with Crippen LogP contribution in [0.2, 0.25) is 0 Å². The van der Waals surface area contributed by atoms with Crippen LogP contribution in [0.1, 0.15) is 41.8 Å². The van der Waals surface area contributed by atoms with Gasteiger partial charge < -0.3 is 19.4 Å². The van der Waals surface area contributed by atoms with E-state index < -0.39 is 5.82 Å². The zero-order valence-corrected chi connectivity index (χ0v) is 26.2. The average molecular weight is 618 g/mol. The third kappa shape index (κ3) is 6.26. The number of carbonyl (C=O) groups excluding carboxylic acids is 2. The summed E-state index contributed by atoms with van der Waals surface area (Å²) in [5, 5.41) is 3.07. The molecule has 1 N–H and O–H groups in total. The number of ether oxygens (including phenoxy) is 1. The highest BCUT2D eigenvalue weighted by Crippen LogP contribution is 2.32. The van der Waals surface area contributed by atoms with E-state index in [1.165, 1.54) is 29.9 Å². The quantitative estimate of drug-likeness (QED) is 0.188. The number of hydrogen-bond acceptors (Lipinski definition) is 6. The molecule has 0 unspecified atom stereocenters. The summed E-state index contributed by atoms with van der Waals surface area (Å²) in [4.78, 5) is 36.5. The molecule has 1 aliphatic heterocycles. The minimum atomic E-state index is -0.420. The van der Waals surface area contributed by atoms with Gasteiger partial charge in [0, 0.05) is 66.8 Å². The predicted molar refractivity (Wildman–Crippen MR) is 178 cm³/mol. The van der Waals surface area contributed by atoms with Gasteiger partial charge in [-0.1, -0.05) is 36.4 Å². The maximum absolute atomic E-state index is 15.6. The number of amides is 1. The summed E-state index contributed by atoms with van der Waals surface area (Å²) in [6.07, 6.45) is 10.3. The number of methoxy groups -OCH3 is 1. The molecule has 3 aromatic heterocycles. The van der Waals surface area contributed by atoms with Gasteiger partial charge in [-0.25, -0.2) is 9.37 Å². The number of halogens is 1. The van der Waals surface area contributed by atoms with Gasteiger partial charge in [0.05, 0.1) is 24.3 Å². The number of pyridine rings is 2. The molecular weight excluding hydrogens is 581 g/mol. The number of nitrogens with zero attached hydrogens (tertiary/aromatic N) is 4. The van der Waals surface area contributed by atoms with Crippen molar-refractivity contribution in [2.24, 2.45) is 5.92 Å². The monoisotopic (exact) mass is 617 g/mol. The molecule has 0 radical (unpaired) electrons. The lowest BCUT2D eigenvalue weighted by Gasteiger charge is -2.18. The molecule has 6 rings (SSSR count). The molecular formula is C37H36FN5O3. The standard InChI is InChI=1S/C37H36FN5O3/c1-4-24(2)30-10-6-5-8-25(30)13-16-40-36(44)28-18-32(26-9-7-15-39-20-26)35-41-34(23-43(35)22-28)31-12-11-29(19-33(31)38)42-17-14-27(21-42)37(45)46-3/h4-12,15,18-20,22-23,27H,13-14,16-17,21H2,1-3H3,(H,40,44)/b24-4-/t27-/m0/s1. The number of carbonyl (C=O) groups is 2. The number of aromatic nitrogens is 3. The van der Waals surface area contributed by atoms with Crippen LogP contribution in [0.25, 0.3) is 33.6 Å². The van der Waals surface area contributed by atoms with E-state index >= 15 is 4.39 Å². The van der Waals surface area contributed by atoms with Crippen LogP contribution in [0, 0.1) is 11.7 Å².